The van der Waals surface area contributed by atoms with Gasteiger partial charge in [-0.2, -0.15) is 0 Å². The summed E-state index contributed by atoms with van der Waals surface area (Å²) in [4.78, 5) is 0. The van der Waals surface area contributed by atoms with Gasteiger partial charge in [0.1, 0.15) is 0 Å². The summed E-state index contributed by atoms with van der Waals surface area (Å²) in [5.74, 6) is 0. The van der Waals surface area contributed by atoms with Gasteiger partial charge in [0.25, 0.3) is 0 Å². The van der Waals surface area contributed by atoms with Crippen molar-refractivity contribution < 1.29 is 0 Å². The molecule has 2 heteroatoms. The zero-order valence-corrected chi connectivity index (χ0v) is 36.6. The lowest BCUT2D eigenvalue weighted by atomic mass is 9.70. The van der Waals surface area contributed by atoms with Crippen LogP contribution in [0.1, 0.15) is 33.5 Å². The minimum absolute atomic E-state index is 0.387. The van der Waals surface area contributed by atoms with Gasteiger partial charge in [0.05, 0.1) is 22.1 Å². The van der Waals surface area contributed by atoms with Gasteiger partial charge in [0.15, 0.2) is 0 Å². The fraction of sp³-hybridized carbons (Fsp3) is 0.0312. The smallest absolute Gasteiger partial charge is 0.0789 e. The van der Waals surface area contributed by atoms with Gasteiger partial charge < -0.3 is 9.13 Å². The van der Waals surface area contributed by atoms with Crippen LogP contribution in [0.4, 0.5) is 0 Å². The van der Waals surface area contributed by atoms with Crippen molar-refractivity contribution in [2.24, 2.45) is 0 Å². The van der Waals surface area contributed by atoms with E-state index >= 15 is 0 Å². The monoisotopic (exact) mass is 840 g/mol. The number of nitrogens with zero attached hydrogens (tertiary/aromatic N) is 2. The molecule has 0 radical (unpaired) electrons. The standard InChI is InChI=1S/C64H44N2/c1-3-4-26-49-42(2)65(62-54(49)39-40-55-60(44-20-8-5-9-21-44)61(45-22-10-6-11-23-45)66(63(55)62)47-24-12-7-13-25-47)48-36-33-43(34-37-48)46-35-38-53-52-29-16-19-32-58(52)64(59(53)41-46)56-30-17-14-27-50(56)51-28-15-18-31-57(51)64/h3-41H,1H2,2H3/b26-4-. The maximum absolute atomic E-state index is 4.06. The molecule has 2 aromatic heterocycles. The molecule has 1 spiro atoms. The topological polar surface area (TPSA) is 9.86 Å². The Kier molecular flexibility index (Phi) is 8.53. The highest BCUT2D eigenvalue weighted by Crippen LogP contribution is 2.63. The molecule has 0 aliphatic heterocycles. The van der Waals surface area contributed by atoms with Gasteiger partial charge in [-0.05, 0) is 104 Å². The van der Waals surface area contributed by atoms with Crippen LogP contribution in [0.15, 0.2) is 237 Å². The molecule has 9 aromatic carbocycles. The van der Waals surface area contributed by atoms with Crippen LogP contribution in [0.5, 0.6) is 0 Å². The van der Waals surface area contributed by atoms with Crippen molar-refractivity contribution in [3.63, 3.8) is 0 Å². The average Bonchev–Trinajstić information content (AvgIpc) is 4.08. The lowest BCUT2D eigenvalue weighted by molar-refractivity contribution is 0.794. The van der Waals surface area contributed by atoms with Crippen molar-refractivity contribution >= 4 is 27.9 Å². The van der Waals surface area contributed by atoms with Gasteiger partial charge in [-0.1, -0.05) is 213 Å². The summed E-state index contributed by atoms with van der Waals surface area (Å²) in [7, 11) is 0. The third-order valence-electron chi connectivity index (χ3n) is 14.3. The normalized spacial score (nSPS) is 13.0. The van der Waals surface area contributed by atoms with Crippen LogP contribution in [0, 0.1) is 6.92 Å². The van der Waals surface area contributed by atoms with Crippen LogP contribution < -0.4 is 0 Å². The highest BCUT2D eigenvalue weighted by atomic mass is 15.1. The summed E-state index contributed by atoms with van der Waals surface area (Å²) >= 11 is 0. The minimum atomic E-state index is -0.387. The van der Waals surface area contributed by atoms with E-state index in [1.54, 1.807) is 0 Å². The quantitative estimate of drug-likeness (QED) is 0.142. The van der Waals surface area contributed by atoms with Crippen LogP contribution in [-0.2, 0) is 5.41 Å². The molecule has 0 saturated carbocycles. The van der Waals surface area contributed by atoms with Gasteiger partial charge in [-0.3, -0.25) is 0 Å². The number of fused-ring (bicyclic) bond motifs is 13. The highest BCUT2D eigenvalue weighted by molar-refractivity contribution is 6.17. The lowest BCUT2D eigenvalue weighted by Crippen LogP contribution is -2.25. The largest absolute Gasteiger partial charge is 0.311 e. The molecule has 0 amide bonds. The molecule has 0 saturated heterocycles. The first-order valence-corrected chi connectivity index (χ1v) is 22.9. The van der Waals surface area contributed by atoms with Crippen LogP contribution >= 0.6 is 0 Å². The number of para-hydroxylation sites is 1. The Balaban J connectivity index is 1.04. The Morgan fingerprint density at radius 2 is 0.894 bits per heavy atom. The van der Waals surface area contributed by atoms with E-state index in [1.807, 2.05) is 6.08 Å². The van der Waals surface area contributed by atoms with E-state index in [2.05, 4.69) is 253 Å². The van der Waals surface area contributed by atoms with Crippen molar-refractivity contribution in [3.8, 4) is 67.1 Å². The summed E-state index contributed by atoms with van der Waals surface area (Å²) in [6, 6.07) is 80.8. The SMILES string of the molecule is C=C/C=C\c1c(C)n(-c2ccc(-c3ccc4c(c3)C3(c5ccccc5-c5ccccc53)c3ccccc3-4)cc2)c2c1ccc1c(-c3ccccc3)c(-c3ccccc3)n(-c3ccccc3)c12. The Morgan fingerprint density at radius 3 is 1.50 bits per heavy atom. The van der Waals surface area contributed by atoms with E-state index in [4.69, 9.17) is 0 Å². The van der Waals surface area contributed by atoms with Gasteiger partial charge >= 0.3 is 0 Å². The molecule has 310 valence electrons. The third kappa shape index (κ3) is 5.30. The molecule has 2 aliphatic carbocycles. The van der Waals surface area contributed by atoms with E-state index in [9.17, 15) is 0 Å². The van der Waals surface area contributed by atoms with Gasteiger partial charge in [0, 0.05) is 39.0 Å². The first-order chi connectivity index (χ1) is 32.7. The Morgan fingerprint density at radius 1 is 0.409 bits per heavy atom. The van der Waals surface area contributed by atoms with Crippen LogP contribution in [-0.4, -0.2) is 9.13 Å². The second-order valence-corrected chi connectivity index (χ2v) is 17.6. The van der Waals surface area contributed by atoms with Gasteiger partial charge in [-0.15, -0.1) is 0 Å². The summed E-state index contributed by atoms with van der Waals surface area (Å²) in [5, 5.41) is 2.39. The van der Waals surface area contributed by atoms with Gasteiger partial charge in [-0.25, -0.2) is 0 Å². The number of hydrogen-bond acceptors (Lipinski definition) is 0. The predicted octanol–water partition coefficient (Wildman–Crippen LogP) is 16.4. The molecule has 0 fully saturated rings. The Labute approximate surface area is 385 Å². The molecular weight excluding hydrogens is 797 g/mol. The molecule has 0 bridgehead atoms. The summed E-state index contributed by atoms with van der Waals surface area (Å²) < 4.78 is 4.98. The van der Waals surface area contributed by atoms with Crippen LogP contribution in [0.2, 0.25) is 0 Å². The second-order valence-electron chi connectivity index (χ2n) is 17.6. The fourth-order valence-electron chi connectivity index (χ4n) is 11.7. The molecule has 11 aromatic rings. The van der Waals surface area contributed by atoms with Crippen molar-refractivity contribution in [2.75, 3.05) is 0 Å². The second kappa shape index (κ2) is 14.8. The van der Waals surface area contributed by atoms with E-state index < -0.39 is 0 Å². The van der Waals surface area contributed by atoms with Crippen molar-refractivity contribution in [1.29, 1.82) is 0 Å². The van der Waals surface area contributed by atoms with Crippen LogP contribution in [0.3, 0.4) is 0 Å². The zero-order valence-electron chi connectivity index (χ0n) is 36.6. The van der Waals surface area contributed by atoms with Crippen LogP contribution in [0.25, 0.3) is 95.0 Å². The summed E-state index contributed by atoms with van der Waals surface area (Å²) in [5.41, 5.74) is 24.3. The number of allylic oxidation sites excluding steroid dienone is 2. The van der Waals surface area contributed by atoms with Gasteiger partial charge in [0.2, 0.25) is 0 Å². The van der Waals surface area contributed by atoms with Crippen molar-refractivity contribution in [3.05, 3.63) is 271 Å². The molecule has 13 rings (SSSR count). The van der Waals surface area contributed by atoms with E-state index in [0.29, 0.717) is 0 Å². The van der Waals surface area contributed by atoms with E-state index in [-0.39, 0.29) is 5.41 Å². The van der Waals surface area contributed by atoms with Crippen molar-refractivity contribution in [2.45, 2.75) is 12.3 Å². The molecule has 2 nitrogen and oxygen atoms in total. The Bertz CT molecular complexity index is 3690. The number of aromatic nitrogens is 2. The maximum atomic E-state index is 4.06. The third-order valence-corrected chi connectivity index (χ3v) is 14.3. The first kappa shape index (κ1) is 38.0. The molecule has 2 heterocycles. The molecule has 0 unspecified atom stereocenters. The molecule has 66 heavy (non-hydrogen) atoms. The highest BCUT2D eigenvalue weighted by Gasteiger charge is 2.51. The van der Waals surface area contributed by atoms with E-state index in [0.717, 1.165) is 11.4 Å². The maximum Gasteiger partial charge on any atom is 0.0789 e. The molecular formula is C64H44N2. The first-order valence-electron chi connectivity index (χ1n) is 22.9. The summed E-state index contributed by atoms with van der Waals surface area (Å²) in [6.07, 6.45) is 6.14. The minimum Gasteiger partial charge on any atom is -0.311 e. The van der Waals surface area contributed by atoms with E-state index in [1.165, 1.54) is 111 Å². The number of benzene rings is 9. The number of hydrogen-bond donors (Lipinski definition) is 0. The Hall–Kier alpha value is -8.46. The molecule has 0 N–H and O–H groups in total. The average molecular weight is 841 g/mol. The predicted molar refractivity (Wildman–Crippen MR) is 277 cm³/mol. The number of rotatable bonds is 7. The summed E-state index contributed by atoms with van der Waals surface area (Å²) in [6.45, 7) is 6.31. The fourth-order valence-corrected chi connectivity index (χ4v) is 11.7. The zero-order chi connectivity index (χ0) is 43.9. The molecule has 2 aliphatic rings. The molecule has 0 atom stereocenters. The lowest BCUT2D eigenvalue weighted by Gasteiger charge is -2.30. The van der Waals surface area contributed by atoms with Crippen molar-refractivity contribution in [1.82, 2.24) is 9.13 Å².